The smallest absolute Gasteiger partial charge is 0.234 e. The van der Waals surface area contributed by atoms with E-state index in [2.05, 4.69) is 16.4 Å². The van der Waals surface area contributed by atoms with Gasteiger partial charge in [0.1, 0.15) is 5.54 Å². The molecular weight excluding hydrogens is 318 g/mol. The number of pyridine rings is 1. The summed E-state index contributed by atoms with van der Waals surface area (Å²) in [5.41, 5.74) is 1.20. The molecule has 5 heteroatoms. The van der Waals surface area contributed by atoms with Crippen LogP contribution in [0.15, 0.2) is 35.4 Å². The Kier molecular flexibility index (Phi) is 5.51. The fraction of sp³-hybridized carbons (Fsp3) is 0.421. The van der Waals surface area contributed by atoms with Crippen molar-refractivity contribution in [3.63, 3.8) is 0 Å². The zero-order valence-corrected chi connectivity index (χ0v) is 15.6. The highest BCUT2D eigenvalue weighted by Crippen LogP contribution is 2.27. The summed E-state index contributed by atoms with van der Waals surface area (Å²) in [5.74, 6) is -0.116. The van der Waals surface area contributed by atoms with Crippen molar-refractivity contribution in [2.24, 2.45) is 5.92 Å². The quantitative estimate of drug-likeness (QED) is 0.832. The number of fused-ring (bicyclic) bond motifs is 1. The molecule has 0 saturated carbocycles. The molecule has 0 fully saturated rings. The molecule has 0 saturated heterocycles. The molecule has 2 atom stereocenters. The normalized spacial score (nSPS) is 14.9. The largest absolute Gasteiger partial charge is 0.337 e. The van der Waals surface area contributed by atoms with Gasteiger partial charge in [0.15, 0.2) is 0 Å². The van der Waals surface area contributed by atoms with Crippen LogP contribution in [-0.4, -0.2) is 21.7 Å². The maximum absolute atomic E-state index is 12.5. The van der Waals surface area contributed by atoms with E-state index in [4.69, 9.17) is 0 Å². The monoisotopic (exact) mass is 341 g/mol. The van der Waals surface area contributed by atoms with Crippen molar-refractivity contribution < 1.29 is 4.79 Å². The van der Waals surface area contributed by atoms with Crippen molar-refractivity contribution in [2.45, 2.75) is 50.4 Å². The van der Waals surface area contributed by atoms with Gasteiger partial charge in [-0.15, -0.1) is 0 Å². The van der Waals surface area contributed by atoms with Crippen molar-refractivity contribution in [3.05, 3.63) is 35.9 Å². The van der Waals surface area contributed by atoms with E-state index in [0.29, 0.717) is 0 Å². The molecular formula is C19H23N3OS. The first-order valence-electron chi connectivity index (χ1n) is 8.03. The Balaban J connectivity index is 2.16. The average Bonchev–Trinajstić information content (AvgIpc) is 2.54. The molecule has 24 heavy (non-hydrogen) atoms. The minimum atomic E-state index is -0.862. The van der Waals surface area contributed by atoms with E-state index < -0.39 is 5.54 Å². The number of nitrogens with zero attached hydrogens (tertiary/aromatic N) is 2. The van der Waals surface area contributed by atoms with Gasteiger partial charge in [0.2, 0.25) is 5.91 Å². The van der Waals surface area contributed by atoms with E-state index in [-0.39, 0.29) is 17.1 Å². The van der Waals surface area contributed by atoms with Crippen molar-refractivity contribution in [1.82, 2.24) is 10.3 Å². The molecule has 1 aromatic heterocycles. The highest BCUT2D eigenvalue weighted by atomic mass is 32.2. The minimum absolute atomic E-state index is 0.0321. The fourth-order valence-corrected chi connectivity index (χ4v) is 3.20. The van der Waals surface area contributed by atoms with Crippen LogP contribution in [0, 0.1) is 24.2 Å². The molecule has 2 rings (SSSR count). The molecule has 1 heterocycles. The van der Waals surface area contributed by atoms with Crippen LogP contribution >= 0.6 is 11.8 Å². The van der Waals surface area contributed by atoms with Crippen LogP contribution in [0.5, 0.6) is 0 Å². The first-order valence-corrected chi connectivity index (χ1v) is 8.91. The summed E-state index contributed by atoms with van der Waals surface area (Å²) in [4.78, 5) is 17.1. The van der Waals surface area contributed by atoms with Crippen LogP contribution in [0.2, 0.25) is 0 Å². The third kappa shape index (κ3) is 3.88. The number of thioether (sulfide) groups is 1. The second-order valence-electron chi connectivity index (χ2n) is 6.51. The average molecular weight is 341 g/mol. The number of rotatable bonds is 5. The van der Waals surface area contributed by atoms with Crippen molar-refractivity contribution in [2.75, 3.05) is 0 Å². The lowest BCUT2D eigenvalue weighted by Gasteiger charge is -2.28. The summed E-state index contributed by atoms with van der Waals surface area (Å²) < 4.78 is 0. The van der Waals surface area contributed by atoms with Gasteiger partial charge in [-0.25, -0.2) is 4.98 Å². The number of aromatic nitrogens is 1. The molecule has 4 nitrogen and oxygen atoms in total. The Bertz CT molecular complexity index is 797. The van der Waals surface area contributed by atoms with Crippen LogP contribution in [0.1, 0.15) is 33.3 Å². The van der Waals surface area contributed by atoms with Crippen molar-refractivity contribution in [1.29, 1.82) is 5.26 Å². The number of nitrogens with one attached hydrogen (secondary N) is 1. The third-order valence-electron chi connectivity index (χ3n) is 4.34. The van der Waals surface area contributed by atoms with E-state index >= 15 is 0 Å². The minimum Gasteiger partial charge on any atom is -0.337 e. The van der Waals surface area contributed by atoms with Crippen LogP contribution in [-0.2, 0) is 4.79 Å². The lowest BCUT2D eigenvalue weighted by Crippen LogP contribution is -2.51. The highest BCUT2D eigenvalue weighted by Gasteiger charge is 2.31. The molecule has 0 aliphatic carbocycles. The first kappa shape index (κ1) is 18.3. The number of amides is 1. The Morgan fingerprint density at radius 1 is 1.33 bits per heavy atom. The number of hydrogen-bond donors (Lipinski definition) is 1. The van der Waals surface area contributed by atoms with Crippen LogP contribution in [0.3, 0.4) is 0 Å². The van der Waals surface area contributed by atoms with Crippen LogP contribution in [0.25, 0.3) is 10.9 Å². The van der Waals surface area contributed by atoms with E-state index in [1.807, 2.05) is 58.0 Å². The molecule has 1 amide bonds. The lowest BCUT2D eigenvalue weighted by atomic mass is 9.90. The Labute approximate surface area is 147 Å². The second kappa shape index (κ2) is 7.23. The zero-order chi connectivity index (χ0) is 17.9. The van der Waals surface area contributed by atoms with Gasteiger partial charge >= 0.3 is 0 Å². The van der Waals surface area contributed by atoms with Crippen LogP contribution in [0.4, 0.5) is 0 Å². The summed E-state index contributed by atoms with van der Waals surface area (Å²) in [5, 5.41) is 13.8. The molecule has 0 spiro atoms. The predicted octanol–water partition coefficient (Wildman–Crippen LogP) is 4.08. The molecule has 0 bridgehead atoms. The number of aryl methyl sites for hydroxylation is 1. The van der Waals surface area contributed by atoms with Gasteiger partial charge in [0.05, 0.1) is 21.9 Å². The molecule has 0 aliphatic heterocycles. The fourth-order valence-electron chi connectivity index (χ4n) is 2.27. The summed E-state index contributed by atoms with van der Waals surface area (Å²) in [6.07, 6.45) is 0. The standard InChI is InChI=1S/C19H23N3OS/c1-12(2)19(5,11-20)22-18(23)14(4)24-17-10-13(3)15-8-6-7-9-16(15)21-17/h6-10,12,14H,1-5H3,(H,22,23). The second-order valence-corrected chi connectivity index (χ2v) is 7.87. The van der Waals surface area contributed by atoms with Gasteiger partial charge in [0, 0.05) is 5.39 Å². The molecule has 1 aromatic carbocycles. The maximum atomic E-state index is 12.5. The number of nitriles is 1. The molecule has 0 aliphatic rings. The number of para-hydroxylation sites is 1. The van der Waals surface area contributed by atoms with Gasteiger partial charge in [0.25, 0.3) is 0 Å². The molecule has 1 N–H and O–H groups in total. The lowest BCUT2D eigenvalue weighted by molar-refractivity contribution is -0.121. The summed E-state index contributed by atoms with van der Waals surface area (Å²) in [7, 11) is 0. The predicted molar refractivity (Wildman–Crippen MR) is 98.8 cm³/mol. The molecule has 0 radical (unpaired) electrons. The number of carbonyl (C=O) groups is 1. The highest BCUT2D eigenvalue weighted by molar-refractivity contribution is 8.00. The van der Waals surface area contributed by atoms with E-state index in [1.165, 1.54) is 11.8 Å². The third-order valence-corrected chi connectivity index (χ3v) is 5.35. The maximum Gasteiger partial charge on any atom is 0.234 e. The van der Waals surface area contributed by atoms with Crippen molar-refractivity contribution >= 4 is 28.6 Å². The van der Waals surface area contributed by atoms with Gasteiger partial charge in [-0.05, 0) is 44.4 Å². The number of benzene rings is 1. The topological polar surface area (TPSA) is 65.8 Å². The SMILES string of the molecule is Cc1cc(SC(C)C(=O)NC(C)(C#N)C(C)C)nc2ccccc12. The first-order chi connectivity index (χ1) is 11.3. The van der Waals surface area contributed by atoms with Gasteiger partial charge < -0.3 is 5.32 Å². The van der Waals surface area contributed by atoms with Gasteiger partial charge in [-0.2, -0.15) is 5.26 Å². The summed E-state index contributed by atoms with van der Waals surface area (Å²) in [6.45, 7) is 9.49. The van der Waals surface area contributed by atoms with E-state index in [1.54, 1.807) is 6.92 Å². The number of carbonyl (C=O) groups excluding carboxylic acids is 1. The number of hydrogen-bond acceptors (Lipinski definition) is 4. The Morgan fingerprint density at radius 2 is 2.00 bits per heavy atom. The van der Waals surface area contributed by atoms with E-state index in [9.17, 15) is 10.1 Å². The zero-order valence-electron chi connectivity index (χ0n) is 14.8. The van der Waals surface area contributed by atoms with Gasteiger partial charge in [-0.1, -0.05) is 43.8 Å². The van der Waals surface area contributed by atoms with Gasteiger partial charge in [-0.3, -0.25) is 4.79 Å². The molecule has 2 aromatic rings. The van der Waals surface area contributed by atoms with E-state index in [0.717, 1.165) is 21.5 Å². The Morgan fingerprint density at radius 3 is 2.62 bits per heavy atom. The Hall–Kier alpha value is -2.06. The summed E-state index contributed by atoms with van der Waals surface area (Å²) in [6, 6.07) is 12.2. The van der Waals surface area contributed by atoms with Crippen LogP contribution < -0.4 is 5.32 Å². The summed E-state index contributed by atoms with van der Waals surface area (Å²) >= 11 is 1.41. The van der Waals surface area contributed by atoms with Crippen molar-refractivity contribution in [3.8, 4) is 6.07 Å². The molecule has 2 unspecified atom stereocenters. The molecule has 126 valence electrons.